The number of carboxylic acid groups (broad SMARTS) is 1. The van der Waals surface area contributed by atoms with Crippen molar-refractivity contribution in [2.24, 2.45) is 5.92 Å². The molecule has 1 aromatic rings. The van der Waals surface area contributed by atoms with Crippen LogP contribution in [0.15, 0.2) is 30.3 Å². The summed E-state index contributed by atoms with van der Waals surface area (Å²) in [6, 6.07) is 9.88. The zero-order valence-corrected chi connectivity index (χ0v) is 17.5. The number of benzene rings is 1. The lowest BCUT2D eigenvalue weighted by Crippen LogP contribution is -2.36. The highest BCUT2D eigenvalue weighted by Crippen LogP contribution is 2.17. The molecule has 2 atom stereocenters. The van der Waals surface area contributed by atoms with Gasteiger partial charge in [0, 0.05) is 26.1 Å². The topological polar surface area (TPSA) is 115 Å². The van der Waals surface area contributed by atoms with Gasteiger partial charge in [-0.3, -0.25) is 16.1 Å². The second-order valence-electron chi connectivity index (χ2n) is 7.07. The molecular weight excluding hydrogens is 374 g/mol. The lowest BCUT2D eigenvalue weighted by molar-refractivity contribution is -0.00410. The van der Waals surface area contributed by atoms with Crippen molar-refractivity contribution in [1.82, 2.24) is 10.4 Å². The Hall–Kier alpha value is -2.16. The summed E-state index contributed by atoms with van der Waals surface area (Å²) in [5.74, 6) is -0.291. The summed E-state index contributed by atoms with van der Waals surface area (Å²) in [5.41, 5.74) is 3.00. The number of nitrogens with one attached hydrogen (secondary N) is 2. The van der Waals surface area contributed by atoms with Crippen LogP contribution in [0.3, 0.4) is 0 Å². The zero-order chi connectivity index (χ0) is 21.5. The molecule has 8 nitrogen and oxygen atoms in total. The number of amides is 1. The minimum absolute atomic E-state index is 0.00844. The van der Waals surface area contributed by atoms with Crippen molar-refractivity contribution >= 4 is 11.9 Å². The lowest BCUT2D eigenvalue weighted by atomic mass is 9.96. The summed E-state index contributed by atoms with van der Waals surface area (Å²) in [7, 11) is 1.62. The van der Waals surface area contributed by atoms with Gasteiger partial charge >= 0.3 is 6.09 Å². The van der Waals surface area contributed by atoms with E-state index in [1.807, 2.05) is 42.7 Å². The van der Waals surface area contributed by atoms with Crippen LogP contribution < -0.4 is 5.48 Å². The molecule has 1 unspecified atom stereocenters. The van der Waals surface area contributed by atoms with Gasteiger partial charge in [0.05, 0.1) is 19.3 Å². The quantitative estimate of drug-likeness (QED) is 0.199. The first kappa shape index (κ1) is 24.9. The van der Waals surface area contributed by atoms with Gasteiger partial charge in [0.1, 0.15) is 5.84 Å². The fourth-order valence-electron chi connectivity index (χ4n) is 3.03. The molecule has 0 aliphatic rings. The number of ether oxygens (including phenoxy) is 2. The van der Waals surface area contributed by atoms with Gasteiger partial charge < -0.3 is 19.5 Å². The van der Waals surface area contributed by atoms with Crippen molar-refractivity contribution in [1.29, 1.82) is 5.41 Å². The van der Waals surface area contributed by atoms with Crippen molar-refractivity contribution < 1.29 is 24.6 Å². The van der Waals surface area contributed by atoms with Gasteiger partial charge in [-0.25, -0.2) is 4.79 Å². The molecule has 0 radical (unpaired) electrons. The molecule has 0 bridgehead atoms. The van der Waals surface area contributed by atoms with E-state index in [1.54, 1.807) is 7.11 Å². The number of unbranched alkanes of at least 4 members (excludes halogenated alkanes) is 1. The lowest BCUT2D eigenvalue weighted by Gasteiger charge is -2.24. The Balaban J connectivity index is 2.48. The van der Waals surface area contributed by atoms with E-state index < -0.39 is 6.09 Å². The Kier molecular flexibility index (Phi) is 12.7. The van der Waals surface area contributed by atoms with Gasteiger partial charge in [-0.1, -0.05) is 43.7 Å². The molecule has 0 aromatic heterocycles. The number of carbonyl (C=O) groups is 1. The SMILES string of the molecule is CCCCN(CCC(CC[C@@H](COCc1ccccc1)OC)C(=N)NO)C(=O)O. The monoisotopic (exact) mass is 409 g/mol. The van der Waals surface area contributed by atoms with E-state index in [2.05, 4.69) is 0 Å². The fraction of sp³-hybridized carbons (Fsp3) is 0.619. The van der Waals surface area contributed by atoms with E-state index >= 15 is 0 Å². The molecule has 0 heterocycles. The molecule has 0 fully saturated rings. The second kappa shape index (κ2) is 14.8. The molecule has 0 saturated heterocycles. The first-order valence-corrected chi connectivity index (χ1v) is 10.1. The average Bonchev–Trinajstić information content (AvgIpc) is 2.74. The summed E-state index contributed by atoms with van der Waals surface area (Å²) in [5, 5.41) is 26.4. The van der Waals surface area contributed by atoms with Crippen LogP contribution >= 0.6 is 0 Å². The number of rotatable bonds is 15. The van der Waals surface area contributed by atoms with Crippen molar-refractivity contribution in [3.05, 3.63) is 35.9 Å². The van der Waals surface area contributed by atoms with Gasteiger partial charge in [0.15, 0.2) is 0 Å². The van der Waals surface area contributed by atoms with Crippen LogP contribution in [-0.4, -0.2) is 60.1 Å². The van der Waals surface area contributed by atoms with Gasteiger partial charge in [0.2, 0.25) is 0 Å². The summed E-state index contributed by atoms with van der Waals surface area (Å²) >= 11 is 0. The Morgan fingerprint density at radius 1 is 1.21 bits per heavy atom. The number of nitrogens with zero attached hydrogens (tertiary/aromatic N) is 1. The Morgan fingerprint density at radius 3 is 2.52 bits per heavy atom. The first-order chi connectivity index (χ1) is 14.0. The smallest absolute Gasteiger partial charge is 0.407 e. The number of hydrogen-bond acceptors (Lipinski definition) is 5. The predicted octanol–water partition coefficient (Wildman–Crippen LogP) is 3.74. The van der Waals surface area contributed by atoms with Crippen molar-refractivity contribution in [3.8, 4) is 0 Å². The molecule has 0 aliphatic heterocycles. The molecule has 29 heavy (non-hydrogen) atoms. The molecule has 1 rings (SSSR count). The predicted molar refractivity (Wildman–Crippen MR) is 111 cm³/mol. The van der Waals surface area contributed by atoms with Crippen LogP contribution in [0.5, 0.6) is 0 Å². The summed E-state index contributed by atoms with van der Waals surface area (Å²) < 4.78 is 11.2. The minimum atomic E-state index is -0.954. The van der Waals surface area contributed by atoms with Gasteiger partial charge in [-0.05, 0) is 31.2 Å². The molecular formula is C21H35N3O5. The number of hydrogen-bond donors (Lipinski definition) is 4. The normalized spacial score (nSPS) is 12.9. The first-order valence-electron chi connectivity index (χ1n) is 10.1. The zero-order valence-electron chi connectivity index (χ0n) is 17.5. The largest absolute Gasteiger partial charge is 0.465 e. The summed E-state index contributed by atoms with van der Waals surface area (Å²) in [4.78, 5) is 12.7. The van der Waals surface area contributed by atoms with Crippen LogP contribution in [0.4, 0.5) is 4.79 Å². The summed E-state index contributed by atoms with van der Waals surface area (Å²) in [6.45, 7) is 3.75. The highest BCUT2D eigenvalue weighted by molar-refractivity contribution is 5.80. The number of amidine groups is 1. The third-order valence-electron chi connectivity index (χ3n) is 4.91. The Bertz CT molecular complexity index is 585. The highest BCUT2D eigenvalue weighted by Gasteiger charge is 2.20. The van der Waals surface area contributed by atoms with Gasteiger partial charge in [0.25, 0.3) is 0 Å². The van der Waals surface area contributed by atoms with Gasteiger partial charge in [-0.15, -0.1) is 0 Å². The maximum absolute atomic E-state index is 11.4. The number of hydroxylamine groups is 1. The van der Waals surface area contributed by atoms with Crippen molar-refractivity contribution in [2.45, 2.75) is 51.7 Å². The van der Waals surface area contributed by atoms with Crippen LogP contribution in [0.1, 0.15) is 44.6 Å². The third kappa shape index (κ3) is 10.3. The van der Waals surface area contributed by atoms with Crippen LogP contribution in [0.2, 0.25) is 0 Å². The summed E-state index contributed by atoms with van der Waals surface area (Å²) in [6.07, 6.45) is 2.32. The van der Waals surface area contributed by atoms with E-state index in [9.17, 15) is 9.90 Å². The van der Waals surface area contributed by atoms with E-state index in [0.29, 0.717) is 45.6 Å². The van der Waals surface area contributed by atoms with E-state index in [1.165, 1.54) is 4.90 Å². The maximum Gasteiger partial charge on any atom is 0.407 e. The van der Waals surface area contributed by atoms with E-state index in [4.69, 9.17) is 20.1 Å². The van der Waals surface area contributed by atoms with Gasteiger partial charge in [-0.2, -0.15) is 0 Å². The molecule has 4 N–H and O–H groups in total. The molecule has 1 aromatic carbocycles. The molecule has 1 amide bonds. The van der Waals surface area contributed by atoms with E-state index in [0.717, 1.165) is 18.4 Å². The highest BCUT2D eigenvalue weighted by atomic mass is 16.5. The van der Waals surface area contributed by atoms with Crippen LogP contribution in [-0.2, 0) is 16.1 Å². The van der Waals surface area contributed by atoms with Crippen molar-refractivity contribution in [3.63, 3.8) is 0 Å². The number of methoxy groups -OCH3 is 1. The van der Waals surface area contributed by atoms with E-state index in [-0.39, 0.29) is 17.9 Å². The van der Waals surface area contributed by atoms with Crippen LogP contribution in [0.25, 0.3) is 0 Å². The minimum Gasteiger partial charge on any atom is -0.465 e. The maximum atomic E-state index is 11.4. The molecule has 0 spiro atoms. The molecule has 0 saturated carbocycles. The molecule has 8 heteroatoms. The van der Waals surface area contributed by atoms with Crippen molar-refractivity contribution in [2.75, 3.05) is 26.8 Å². The average molecular weight is 410 g/mol. The molecule has 0 aliphatic carbocycles. The fourth-order valence-corrected chi connectivity index (χ4v) is 3.03. The standard InChI is InChI=1S/C21H35N3O5/c1-3-4-13-24(21(25)26)14-12-18(20(22)23-27)10-11-19(28-2)16-29-15-17-8-6-5-7-9-17/h5-9,18-19,27H,3-4,10-16H2,1-2H3,(H2,22,23)(H,25,26)/t18?,19-/m0/s1. The van der Waals surface area contributed by atoms with Crippen LogP contribution in [0, 0.1) is 11.3 Å². The second-order valence-corrected chi connectivity index (χ2v) is 7.07. The Labute approximate surface area is 173 Å². The Morgan fingerprint density at radius 2 is 1.93 bits per heavy atom. The molecule has 164 valence electrons. The third-order valence-corrected chi connectivity index (χ3v) is 4.91.